The van der Waals surface area contributed by atoms with E-state index in [1.54, 1.807) is 6.92 Å². The maximum absolute atomic E-state index is 11.1. The van der Waals surface area contributed by atoms with Crippen molar-refractivity contribution in [3.8, 4) is 0 Å². The Balaban J connectivity index is 2.38. The lowest BCUT2D eigenvalue weighted by atomic mass is 10.1. The third-order valence-corrected chi connectivity index (χ3v) is 3.50. The molecule has 13 heavy (non-hydrogen) atoms. The van der Waals surface area contributed by atoms with Gasteiger partial charge in [0.25, 0.3) is 0 Å². The van der Waals surface area contributed by atoms with E-state index >= 15 is 0 Å². The zero-order valence-corrected chi connectivity index (χ0v) is 9.70. The summed E-state index contributed by atoms with van der Waals surface area (Å²) in [5.74, 6) is 0.275. The maximum atomic E-state index is 11.1. The van der Waals surface area contributed by atoms with E-state index in [4.69, 9.17) is 0 Å². The molecule has 0 aromatic rings. The van der Waals surface area contributed by atoms with E-state index in [-0.39, 0.29) is 11.8 Å². The molecule has 0 radical (unpaired) electrons. The van der Waals surface area contributed by atoms with Gasteiger partial charge in [0.05, 0.1) is 6.04 Å². The van der Waals surface area contributed by atoms with Gasteiger partial charge in [0.2, 0.25) is 0 Å². The highest BCUT2D eigenvalue weighted by Gasteiger charge is 2.30. The zero-order chi connectivity index (χ0) is 10.1. The first-order chi connectivity index (χ1) is 5.88. The van der Waals surface area contributed by atoms with Gasteiger partial charge < -0.3 is 5.32 Å². The number of hydrogen-bond donors (Lipinski definition) is 1. The number of carbonyl (C=O) groups excluding carboxylic acids is 1. The quantitative estimate of drug-likeness (QED) is 0.739. The summed E-state index contributed by atoms with van der Waals surface area (Å²) in [6, 6.07) is 0.111. The van der Waals surface area contributed by atoms with Gasteiger partial charge in [-0.2, -0.15) is 11.8 Å². The molecule has 0 aromatic carbocycles. The first-order valence-corrected chi connectivity index (χ1v) is 5.68. The molecule has 2 atom stereocenters. The van der Waals surface area contributed by atoms with Crippen LogP contribution in [0.3, 0.4) is 0 Å². The topological polar surface area (TPSA) is 29.1 Å². The van der Waals surface area contributed by atoms with Gasteiger partial charge in [0.1, 0.15) is 5.78 Å². The van der Waals surface area contributed by atoms with Crippen molar-refractivity contribution >= 4 is 17.5 Å². The molecular weight excluding hydrogens is 182 g/mol. The summed E-state index contributed by atoms with van der Waals surface area (Å²) in [4.78, 5) is 11.1. The summed E-state index contributed by atoms with van der Waals surface area (Å²) in [5.41, 5.74) is 0. The van der Waals surface area contributed by atoms with Crippen molar-refractivity contribution in [3.63, 3.8) is 0 Å². The van der Waals surface area contributed by atoms with Crippen LogP contribution in [-0.2, 0) is 4.79 Å². The number of thioether (sulfide) groups is 1. The Morgan fingerprint density at radius 2 is 2.08 bits per heavy atom. The normalized spacial score (nSPS) is 29.2. The minimum atomic E-state index is 0.111. The summed E-state index contributed by atoms with van der Waals surface area (Å²) in [5, 5.41) is 3.86. The van der Waals surface area contributed by atoms with Gasteiger partial charge in [-0.25, -0.2) is 0 Å². The highest BCUT2D eigenvalue weighted by molar-refractivity contribution is 8.01. The molecule has 2 nitrogen and oxygen atoms in total. The largest absolute Gasteiger partial charge is 0.306 e. The van der Waals surface area contributed by atoms with Gasteiger partial charge >= 0.3 is 0 Å². The smallest absolute Gasteiger partial charge is 0.146 e. The van der Waals surface area contributed by atoms with Gasteiger partial charge in [-0.3, -0.25) is 4.79 Å². The number of ketones is 1. The SMILES string of the molecule is CC(=O)[C@@H]1C[C@@H](SC(C)(C)C)CN1. The van der Waals surface area contributed by atoms with Crippen molar-refractivity contribution < 1.29 is 4.79 Å². The monoisotopic (exact) mass is 201 g/mol. The number of carbonyl (C=O) groups is 1. The highest BCUT2D eigenvalue weighted by Crippen LogP contribution is 2.32. The molecule has 1 rings (SSSR count). The Labute approximate surface area is 84.9 Å². The Hall–Kier alpha value is -0.0200. The van der Waals surface area contributed by atoms with E-state index in [0.717, 1.165) is 13.0 Å². The van der Waals surface area contributed by atoms with Crippen molar-refractivity contribution in [2.24, 2.45) is 0 Å². The van der Waals surface area contributed by atoms with E-state index in [1.165, 1.54) is 0 Å². The van der Waals surface area contributed by atoms with Crippen LogP contribution in [0.1, 0.15) is 34.1 Å². The molecule has 1 heterocycles. The van der Waals surface area contributed by atoms with Crippen LogP contribution in [0.5, 0.6) is 0 Å². The highest BCUT2D eigenvalue weighted by atomic mass is 32.2. The third-order valence-electron chi connectivity index (χ3n) is 2.10. The molecular formula is C10H19NOS. The summed E-state index contributed by atoms with van der Waals surface area (Å²) in [6.07, 6.45) is 0.997. The van der Waals surface area contributed by atoms with Crippen molar-refractivity contribution in [2.45, 2.75) is 50.2 Å². The van der Waals surface area contributed by atoms with Crippen LogP contribution in [0.2, 0.25) is 0 Å². The van der Waals surface area contributed by atoms with Crippen LogP contribution in [0.4, 0.5) is 0 Å². The minimum Gasteiger partial charge on any atom is -0.306 e. The lowest BCUT2D eigenvalue weighted by Gasteiger charge is -2.21. The predicted octanol–water partition coefficient (Wildman–Crippen LogP) is 1.84. The average molecular weight is 201 g/mol. The van der Waals surface area contributed by atoms with E-state index in [0.29, 0.717) is 10.00 Å². The maximum Gasteiger partial charge on any atom is 0.146 e. The molecule has 0 spiro atoms. The van der Waals surface area contributed by atoms with Crippen molar-refractivity contribution in [2.75, 3.05) is 6.54 Å². The number of rotatable bonds is 2. The van der Waals surface area contributed by atoms with Crippen LogP contribution in [0, 0.1) is 0 Å². The van der Waals surface area contributed by atoms with Gasteiger partial charge in [-0.1, -0.05) is 20.8 Å². The second-order valence-corrected chi connectivity index (χ2v) is 6.79. The average Bonchev–Trinajstić information content (AvgIpc) is 2.31. The van der Waals surface area contributed by atoms with Crippen LogP contribution in [0.15, 0.2) is 0 Å². The number of hydrogen-bond acceptors (Lipinski definition) is 3. The molecule has 0 saturated carbocycles. The Bertz CT molecular complexity index is 198. The Morgan fingerprint density at radius 3 is 2.46 bits per heavy atom. The number of nitrogens with one attached hydrogen (secondary N) is 1. The Kier molecular flexibility index (Phi) is 3.41. The molecule has 1 fully saturated rings. The fourth-order valence-corrected chi connectivity index (χ4v) is 3.07. The summed E-state index contributed by atoms with van der Waals surface area (Å²) >= 11 is 1.97. The summed E-state index contributed by atoms with van der Waals surface area (Å²) in [6.45, 7) is 9.31. The molecule has 1 saturated heterocycles. The first-order valence-electron chi connectivity index (χ1n) is 4.80. The second-order valence-electron chi connectivity index (χ2n) is 4.66. The lowest BCUT2D eigenvalue weighted by molar-refractivity contribution is -0.118. The van der Waals surface area contributed by atoms with E-state index in [1.807, 2.05) is 11.8 Å². The zero-order valence-electron chi connectivity index (χ0n) is 8.89. The van der Waals surface area contributed by atoms with Crippen LogP contribution >= 0.6 is 11.8 Å². The molecule has 0 aliphatic carbocycles. The van der Waals surface area contributed by atoms with Crippen LogP contribution in [0.25, 0.3) is 0 Å². The summed E-state index contributed by atoms with van der Waals surface area (Å²) < 4.78 is 0.304. The van der Waals surface area contributed by atoms with Crippen molar-refractivity contribution in [3.05, 3.63) is 0 Å². The van der Waals surface area contributed by atoms with E-state index < -0.39 is 0 Å². The predicted molar refractivity (Wildman–Crippen MR) is 58.2 cm³/mol. The molecule has 1 aliphatic heterocycles. The molecule has 1 aliphatic rings. The van der Waals surface area contributed by atoms with Gasteiger partial charge in [-0.05, 0) is 13.3 Å². The van der Waals surface area contributed by atoms with Crippen LogP contribution in [-0.4, -0.2) is 28.4 Å². The van der Waals surface area contributed by atoms with Crippen molar-refractivity contribution in [1.29, 1.82) is 0 Å². The molecule has 0 bridgehead atoms. The van der Waals surface area contributed by atoms with E-state index in [9.17, 15) is 4.79 Å². The van der Waals surface area contributed by atoms with Crippen LogP contribution < -0.4 is 5.32 Å². The standard InChI is InChI=1S/C10H19NOS/c1-7(12)9-5-8(6-11-9)13-10(2,3)4/h8-9,11H,5-6H2,1-4H3/t8-,9+/m1/s1. The molecule has 1 N–H and O–H groups in total. The van der Waals surface area contributed by atoms with Gasteiger partial charge in [-0.15, -0.1) is 0 Å². The lowest BCUT2D eigenvalue weighted by Crippen LogP contribution is -2.28. The molecule has 0 unspecified atom stereocenters. The summed E-state index contributed by atoms with van der Waals surface area (Å²) in [7, 11) is 0. The molecule has 0 aromatic heterocycles. The Morgan fingerprint density at radius 1 is 1.46 bits per heavy atom. The van der Waals surface area contributed by atoms with E-state index in [2.05, 4.69) is 26.1 Å². The van der Waals surface area contributed by atoms with Crippen molar-refractivity contribution in [1.82, 2.24) is 5.32 Å². The third kappa shape index (κ3) is 3.69. The number of Topliss-reactive ketones (excluding diaryl/α,β-unsaturated/α-hetero) is 1. The van der Waals surface area contributed by atoms with Gasteiger partial charge in [0, 0.05) is 16.5 Å². The minimum absolute atomic E-state index is 0.111. The first kappa shape index (κ1) is 11.1. The second kappa shape index (κ2) is 4.01. The fraction of sp³-hybridized carbons (Fsp3) is 0.900. The molecule has 76 valence electrons. The molecule has 0 amide bonds. The molecule has 3 heteroatoms. The van der Waals surface area contributed by atoms with Gasteiger partial charge in [0.15, 0.2) is 0 Å². The fourth-order valence-electron chi connectivity index (χ4n) is 1.60.